The summed E-state index contributed by atoms with van der Waals surface area (Å²) in [5.74, 6) is 9.57. The van der Waals surface area contributed by atoms with Crippen molar-refractivity contribution in [3.05, 3.63) is 0 Å². The molecule has 0 bridgehead atoms. The van der Waals surface area contributed by atoms with Crippen LogP contribution in [0.1, 0.15) is 78.1 Å². The van der Waals surface area contributed by atoms with Crippen LogP contribution >= 0.6 is 0 Å². The van der Waals surface area contributed by atoms with E-state index in [1.165, 1.54) is 69.9 Å². The van der Waals surface area contributed by atoms with Crippen LogP contribution in [0.2, 0.25) is 0 Å². The molecule has 0 aliphatic heterocycles. The van der Waals surface area contributed by atoms with Crippen molar-refractivity contribution in [2.75, 3.05) is 0 Å². The summed E-state index contributed by atoms with van der Waals surface area (Å²) in [6.07, 6.45) is 14.3. The molecule has 0 heterocycles. The van der Waals surface area contributed by atoms with Crippen molar-refractivity contribution in [3.8, 4) is 0 Å². The van der Waals surface area contributed by atoms with Gasteiger partial charge in [0.1, 0.15) is 0 Å². The molecular weight excluding hydrogens is 256 g/mol. The minimum atomic E-state index is 0.341. The Balaban J connectivity index is 1.66. The molecule has 0 aromatic heterocycles. The summed E-state index contributed by atoms with van der Waals surface area (Å²) in [5.41, 5.74) is 2.33. The number of nitrogens with two attached hydrogens (primary N) is 1. The van der Waals surface area contributed by atoms with Crippen molar-refractivity contribution in [2.24, 2.45) is 45.4 Å². The number of hydrazone groups is 1. The van der Waals surface area contributed by atoms with E-state index >= 15 is 0 Å². The van der Waals surface area contributed by atoms with Gasteiger partial charge in [-0.15, -0.1) is 0 Å². The molecule has 0 radical (unpaired) electrons. The lowest BCUT2D eigenvalue weighted by Gasteiger charge is -2.59. The third-order valence-corrected chi connectivity index (χ3v) is 8.48. The van der Waals surface area contributed by atoms with Gasteiger partial charge in [-0.05, 0) is 80.5 Å². The first-order chi connectivity index (χ1) is 10.1. The molecule has 21 heavy (non-hydrogen) atoms. The van der Waals surface area contributed by atoms with Gasteiger partial charge in [0.05, 0.1) is 0 Å². The zero-order valence-electron chi connectivity index (χ0n) is 13.9. The summed E-state index contributed by atoms with van der Waals surface area (Å²) in [6.45, 7) is 5.13. The molecular formula is C19H32N2. The predicted octanol–water partition coefficient (Wildman–Crippen LogP) is 4.73. The monoisotopic (exact) mass is 288 g/mol. The average molecular weight is 288 g/mol. The zero-order chi connectivity index (χ0) is 14.7. The van der Waals surface area contributed by atoms with Gasteiger partial charge in [-0.3, -0.25) is 0 Å². The normalized spacial score (nSPS) is 54.9. The maximum absolute atomic E-state index is 5.71. The summed E-state index contributed by atoms with van der Waals surface area (Å²) in [6, 6.07) is 0. The van der Waals surface area contributed by atoms with Gasteiger partial charge in [-0.2, -0.15) is 5.10 Å². The van der Waals surface area contributed by atoms with Gasteiger partial charge in [-0.25, -0.2) is 0 Å². The maximum atomic E-state index is 5.71. The quantitative estimate of drug-likeness (QED) is 0.507. The van der Waals surface area contributed by atoms with E-state index in [0.29, 0.717) is 10.8 Å². The Hall–Kier alpha value is -0.530. The third-order valence-electron chi connectivity index (χ3n) is 8.48. The van der Waals surface area contributed by atoms with Crippen LogP contribution < -0.4 is 5.84 Å². The average Bonchev–Trinajstić information content (AvgIpc) is 2.83. The molecule has 4 aliphatic carbocycles. The van der Waals surface area contributed by atoms with Crippen molar-refractivity contribution >= 4 is 5.71 Å². The highest BCUT2D eigenvalue weighted by atomic mass is 15.1. The standard InChI is InChI=1S/C19H32N2/c1-18-11-4-3-5-13(18)6-7-14-15-8-9-17(21-20)19(15,2)12-10-16(14)18/h13-16H,3-12,20H2,1-2H3/b21-17-/t13-,14?,15?,16?,18+,19+/m0/s1. The summed E-state index contributed by atoms with van der Waals surface area (Å²) in [4.78, 5) is 0. The van der Waals surface area contributed by atoms with Gasteiger partial charge in [0, 0.05) is 11.1 Å². The highest BCUT2D eigenvalue weighted by molar-refractivity contribution is 5.92. The summed E-state index contributed by atoms with van der Waals surface area (Å²) >= 11 is 0. The third kappa shape index (κ3) is 1.80. The summed E-state index contributed by atoms with van der Waals surface area (Å²) in [5, 5.41) is 4.20. The largest absolute Gasteiger partial charge is 0.323 e. The molecule has 0 amide bonds. The number of rotatable bonds is 0. The van der Waals surface area contributed by atoms with Gasteiger partial charge in [0.25, 0.3) is 0 Å². The van der Waals surface area contributed by atoms with E-state index in [2.05, 4.69) is 18.9 Å². The molecule has 4 aliphatic rings. The van der Waals surface area contributed by atoms with Crippen molar-refractivity contribution in [3.63, 3.8) is 0 Å². The topological polar surface area (TPSA) is 38.4 Å². The van der Waals surface area contributed by atoms with Crippen molar-refractivity contribution in [2.45, 2.75) is 78.1 Å². The molecule has 2 heteroatoms. The van der Waals surface area contributed by atoms with Crippen LogP contribution in [0.4, 0.5) is 0 Å². The van der Waals surface area contributed by atoms with Crippen LogP contribution in [-0.4, -0.2) is 5.71 Å². The fourth-order valence-electron chi connectivity index (χ4n) is 7.30. The first kappa shape index (κ1) is 14.1. The molecule has 0 saturated heterocycles. The summed E-state index contributed by atoms with van der Waals surface area (Å²) < 4.78 is 0. The number of fused-ring (bicyclic) bond motifs is 5. The second kappa shape index (κ2) is 4.73. The van der Waals surface area contributed by atoms with Gasteiger partial charge in [0.15, 0.2) is 0 Å². The molecule has 3 unspecified atom stereocenters. The van der Waals surface area contributed by atoms with E-state index < -0.39 is 0 Å². The molecule has 0 spiro atoms. The Morgan fingerprint density at radius 2 is 1.81 bits per heavy atom. The van der Waals surface area contributed by atoms with Crippen LogP contribution in [0.5, 0.6) is 0 Å². The number of hydrogen-bond donors (Lipinski definition) is 1. The fourth-order valence-corrected chi connectivity index (χ4v) is 7.30. The van der Waals surface area contributed by atoms with Crippen molar-refractivity contribution in [1.29, 1.82) is 0 Å². The lowest BCUT2D eigenvalue weighted by Crippen LogP contribution is -2.52. The molecule has 2 nitrogen and oxygen atoms in total. The first-order valence-corrected chi connectivity index (χ1v) is 9.37. The van der Waals surface area contributed by atoms with E-state index in [1.807, 2.05) is 0 Å². The van der Waals surface area contributed by atoms with Crippen LogP contribution in [0.25, 0.3) is 0 Å². The molecule has 118 valence electrons. The fraction of sp³-hybridized carbons (Fsp3) is 0.947. The number of hydrogen-bond acceptors (Lipinski definition) is 2. The Kier molecular flexibility index (Phi) is 3.17. The Labute approximate surface area is 129 Å². The molecule has 2 N–H and O–H groups in total. The molecule has 0 aromatic rings. The lowest BCUT2D eigenvalue weighted by molar-refractivity contribution is -0.0936. The van der Waals surface area contributed by atoms with Gasteiger partial charge < -0.3 is 5.84 Å². The maximum Gasteiger partial charge on any atom is 0.0437 e. The van der Waals surface area contributed by atoms with Gasteiger partial charge in [-0.1, -0.05) is 26.7 Å². The molecule has 0 aromatic carbocycles. The van der Waals surface area contributed by atoms with Crippen LogP contribution in [0.15, 0.2) is 5.10 Å². The van der Waals surface area contributed by atoms with E-state index in [9.17, 15) is 0 Å². The minimum Gasteiger partial charge on any atom is -0.323 e. The smallest absolute Gasteiger partial charge is 0.0437 e. The lowest BCUT2D eigenvalue weighted by atomic mass is 9.45. The van der Waals surface area contributed by atoms with E-state index in [1.54, 1.807) is 0 Å². The zero-order valence-corrected chi connectivity index (χ0v) is 13.9. The highest BCUT2D eigenvalue weighted by Crippen LogP contribution is 2.65. The number of nitrogens with zero attached hydrogens (tertiary/aromatic N) is 1. The van der Waals surface area contributed by atoms with Crippen LogP contribution in [0, 0.1) is 34.5 Å². The molecule has 4 fully saturated rings. The van der Waals surface area contributed by atoms with E-state index in [0.717, 1.165) is 23.7 Å². The van der Waals surface area contributed by atoms with Crippen molar-refractivity contribution in [1.82, 2.24) is 0 Å². The Morgan fingerprint density at radius 1 is 0.952 bits per heavy atom. The molecule has 6 atom stereocenters. The van der Waals surface area contributed by atoms with Crippen LogP contribution in [-0.2, 0) is 0 Å². The van der Waals surface area contributed by atoms with E-state index in [4.69, 9.17) is 5.84 Å². The van der Waals surface area contributed by atoms with E-state index in [-0.39, 0.29) is 0 Å². The van der Waals surface area contributed by atoms with Crippen molar-refractivity contribution < 1.29 is 0 Å². The van der Waals surface area contributed by atoms with Gasteiger partial charge in [0.2, 0.25) is 0 Å². The molecule has 4 rings (SSSR count). The first-order valence-electron chi connectivity index (χ1n) is 9.37. The summed E-state index contributed by atoms with van der Waals surface area (Å²) in [7, 11) is 0. The minimum absolute atomic E-state index is 0.341. The highest BCUT2D eigenvalue weighted by Gasteiger charge is 2.58. The second-order valence-electron chi connectivity index (χ2n) is 8.97. The Morgan fingerprint density at radius 3 is 2.62 bits per heavy atom. The second-order valence-corrected chi connectivity index (χ2v) is 8.97. The predicted molar refractivity (Wildman–Crippen MR) is 88.0 cm³/mol. The molecule has 4 saturated carbocycles. The Bertz CT molecular complexity index is 456. The van der Waals surface area contributed by atoms with Gasteiger partial charge >= 0.3 is 0 Å². The van der Waals surface area contributed by atoms with Crippen LogP contribution in [0.3, 0.4) is 0 Å². The SMILES string of the molecule is C[C@@]12CCC3C(CC[C@@H]4CCCC[C@@]34C)C1CC/C2=N/N.